The van der Waals surface area contributed by atoms with Gasteiger partial charge in [-0.25, -0.2) is 0 Å². The van der Waals surface area contributed by atoms with Crippen LogP contribution in [0.25, 0.3) is 0 Å². The molecule has 4 heteroatoms. The van der Waals surface area contributed by atoms with Crippen LogP contribution in [0.15, 0.2) is 12.2 Å². The van der Waals surface area contributed by atoms with E-state index >= 15 is 0 Å². The Kier molecular flexibility index (Phi) is 7.08. The van der Waals surface area contributed by atoms with Gasteiger partial charge in [0.2, 0.25) is 0 Å². The van der Waals surface area contributed by atoms with E-state index in [2.05, 4.69) is 30.2 Å². The van der Waals surface area contributed by atoms with Gasteiger partial charge in [-0.1, -0.05) is 20.4 Å². The second-order valence-electron chi connectivity index (χ2n) is 11.6. The van der Waals surface area contributed by atoms with Gasteiger partial charge < -0.3 is 4.90 Å². The first-order valence-electron chi connectivity index (χ1n) is 13.0. The van der Waals surface area contributed by atoms with Crippen LogP contribution in [0, 0.1) is 23.2 Å². The number of nitrogens with zero attached hydrogens (tertiary/aromatic N) is 2. The van der Waals surface area contributed by atoms with E-state index in [0.717, 1.165) is 37.4 Å². The van der Waals surface area contributed by atoms with Crippen molar-refractivity contribution >= 4 is 11.6 Å². The Morgan fingerprint density at radius 3 is 2.10 bits per heavy atom. The Morgan fingerprint density at radius 1 is 0.871 bits per heavy atom. The number of allylic oxidation sites excluding steroid dienone is 1. The van der Waals surface area contributed by atoms with Gasteiger partial charge in [-0.3, -0.25) is 14.5 Å². The molecule has 0 radical (unpaired) electrons. The molecule has 2 aliphatic carbocycles. The monoisotopic (exact) mass is 428 g/mol. The van der Waals surface area contributed by atoms with Crippen LogP contribution in [-0.4, -0.2) is 59.6 Å². The zero-order chi connectivity index (χ0) is 22.2. The molecule has 0 bridgehead atoms. The van der Waals surface area contributed by atoms with Crippen LogP contribution >= 0.6 is 0 Å². The molecule has 0 aromatic heterocycles. The molecule has 4 fully saturated rings. The summed E-state index contributed by atoms with van der Waals surface area (Å²) in [5, 5.41) is 0. The Morgan fingerprint density at radius 2 is 1.52 bits per heavy atom. The highest BCUT2D eigenvalue weighted by Gasteiger charge is 2.49. The molecule has 0 N–H and O–H groups in total. The number of hydrogen-bond acceptors (Lipinski definition) is 4. The fraction of sp³-hybridized carbons (Fsp3) is 0.852. The number of carbonyl (C=O) groups excluding carboxylic acids is 2. The molecule has 0 unspecified atom stereocenters. The summed E-state index contributed by atoms with van der Waals surface area (Å²) in [6.07, 6.45) is 12.1. The SMILES string of the molecule is C=C(C)C(=O)C1CCC2(CC1)CC(N1CCC(N3CCC[C@H](C(=O)C(C)C)C3)CC1)C2. The molecule has 1 spiro atoms. The van der Waals surface area contributed by atoms with E-state index < -0.39 is 0 Å². The van der Waals surface area contributed by atoms with Crippen LogP contribution in [0.5, 0.6) is 0 Å². The Labute approximate surface area is 189 Å². The van der Waals surface area contributed by atoms with E-state index in [9.17, 15) is 9.59 Å². The maximum atomic E-state index is 12.5. The van der Waals surface area contributed by atoms with Crippen molar-refractivity contribution in [3.63, 3.8) is 0 Å². The van der Waals surface area contributed by atoms with Crippen LogP contribution < -0.4 is 0 Å². The predicted octanol–water partition coefficient (Wildman–Crippen LogP) is 4.87. The minimum atomic E-state index is 0.173. The second-order valence-corrected chi connectivity index (χ2v) is 11.6. The third kappa shape index (κ3) is 5.00. The molecule has 2 saturated heterocycles. The van der Waals surface area contributed by atoms with Crippen molar-refractivity contribution in [3.8, 4) is 0 Å². The average Bonchev–Trinajstić information content (AvgIpc) is 2.76. The van der Waals surface area contributed by atoms with Gasteiger partial charge in [0.1, 0.15) is 5.78 Å². The first kappa shape index (κ1) is 23.2. The van der Waals surface area contributed by atoms with Gasteiger partial charge in [-0.05, 0) is 102 Å². The Bertz CT molecular complexity index is 675. The second kappa shape index (κ2) is 9.47. The van der Waals surface area contributed by atoms with E-state index in [1.807, 2.05) is 6.92 Å². The molecule has 2 saturated carbocycles. The summed E-state index contributed by atoms with van der Waals surface area (Å²) in [7, 11) is 0. The van der Waals surface area contributed by atoms with Gasteiger partial charge in [-0.2, -0.15) is 0 Å². The predicted molar refractivity (Wildman–Crippen MR) is 126 cm³/mol. The van der Waals surface area contributed by atoms with Crippen molar-refractivity contribution < 1.29 is 9.59 Å². The van der Waals surface area contributed by atoms with E-state index in [0.29, 0.717) is 23.0 Å². The summed E-state index contributed by atoms with van der Waals surface area (Å²) in [4.78, 5) is 30.1. The first-order chi connectivity index (χ1) is 14.8. The number of piperidine rings is 2. The van der Waals surface area contributed by atoms with E-state index in [-0.39, 0.29) is 17.8 Å². The number of Topliss-reactive ketones (excluding diaryl/α,β-unsaturated/α-hetero) is 2. The van der Waals surface area contributed by atoms with Gasteiger partial charge in [0.25, 0.3) is 0 Å². The molecule has 4 aliphatic rings. The maximum Gasteiger partial charge on any atom is 0.161 e. The molecule has 0 aromatic carbocycles. The minimum Gasteiger partial charge on any atom is -0.300 e. The van der Waals surface area contributed by atoms with Crippen molar-refractivity contribution in [1.82, 2.24) is 9.80 Å². The topological polar surface area (TPSA) is 40.6 Å². The number of rotatable bonds is 6. The lowest BCUT2D eigenvalue weighted by molar-refractivity contribution is -0.128. The smallest absolute Gasteiger partial charge is 0.161 e. The van der Waals surface area contributed by atoms with Crippen LogP contribution in [0.2, 0.25) is 0 Å². The van der Waals surface area contributed by atoms with Gasteiger partial charge in [0.05, 0.1) is 0 Å². The molecule has 174 valence electrons. The molecule has 2 heterocycles. The quantitative estimate of drug-likeness (QED) is 0.566. The van der Waals surface area contributed by atoms with E-state index in [1.54, 1.807) is 0 Å². The highest BCUT2D eigenvalue weighted by atomic mass is 16.1. The third-order valence-electron chi connectivity index (χ3n) is 9.13. The molecule has 0 amide bonds. The highest BCUT2D eigenvalue weighted by Crippen LogP contribution is 2.54. The largest absolute Gasteiger partial charge is 0.300 e. The Balaban J connectivity index is 1.20. The summed E-state index contributed by atoms with van der Waals surface area (Å²) in [5.41, 5.74) is 1.27. The zero-order valence-electron chi connectivity index (χ0n) is 20.2. The standard InChI is InChI=1S/C27H44N2O2/c1-19(2)25(30)21-7-11-27(12-8-21)16-24(17-27)28-14-9-23(10-15-28)29-13-5-6-22(18-29)26(31)20(3)4/h20-24H,1,5-18H2,2-4H3/t21?,22-,24?,27?/m0/s1. The zero-order valence-corrected chi connectivity index (χ0v) is 20.2. The summed E-state index contributed by atoms with van der Waals surface area (Å²) >= 11 is 0. The van der Waals surface area contributed by atoms with E-state index in [1.165, 1.54) is 64.6 Å². The van der Waals surface area contributed by atoms with Crippen molar-refractivity contribution in [2.75, 3.05) is 26.2 Å². The van der Waals surface area contributed by atoms with Crippen LogP contribution in [0.3, 0.4) is 0 Å². The lowest BCUT2D eigenvalue weighted by atomic mass is 9.56. The molecule has 2 aliphatic heterocycles. The molecular formula is C27H44N2O2. The van der Waals surface area contributed by atoms with Crippen LogP contribution in [0.4, 0.5) is 0 Å². The molecule has 1 atom stereocenters. The van der Waals surface area contributed by atoms with Gasteiger partial charge in [0.15, 0.2) is 5.78 Å². The minimum absolute atomic E-state index is 0.173. The number of ketones is 2. The molecular weight excluding hydrogens is 384 g/mol. The third-order valence-corrected chi connectivity index (χ3v) is 9.13. The van der Waals surface area contributed by atoms with E-state index in [4.69, 9.17) is 0 Å². The Hall–Kier alpha value is -1.00. The average molecular weight is 429 g/mol. The lowest BCUT2D eigenvalue weighted by Gasteiger charge is -2.56. The summed E-state index contributed by atoms with van der Waals surface area (Å²) in [6, 6.07) is 1.45. The normalized spacial score (nSPS) is 35.8. The van der Waals surface area contributed by atoms with Crippen LogP contribution in [0.1, 0.15) is 85.0 Å². The van der Waals surface area contributed by atoms with Gasteiger partial charge in [-0.15, -0.1) is 0 Å². The van der Waals surface area contributed by atoms with Crippen molar-refractivity contribution in [3.05, 3.63) is 12.2 Å². The lowest BCUT2D eigenvalue weighted by Crippen LogP contribution is -2.56. The maximum absolute atomic E-state index is 12.5. The van der Waals surface area contributed by atoms with Crippen molar-refractivity contribution in [2.45, 2.75) is 97.1 Å². The summed E-state index contributed by atoms with van der Waals surface area (Å²) in [5.74, 6) is 1.47. The van der Waals surface area contributed by atoms with Crippen molar-refractivity contribution in [2.24, 2.45) is 23.2 Å². The van der Waals surface area contributed by atoms with Crippen LogP contribution in [-0.2, 0) is 9.59 Å². The first-order valence-corrected chi connectivity index (χ1v) is 13.0. The van der Waals surface area contributed by atoms with Gasteiger partial charge in [0, 0.05) is 36.4 Å². The van der Waals surface area contributed by atoms with Gasteiger partial charge >= 0.3 is 0 Å². The van der Waals surface area contributed by atoms with Crippen molar-refractivity contribution in [1.29, 1.82) is 0 Å². The molecule has 4 nitrogen and oxygen atoms in total. The molecule has 31 heavy (non-hydrogen) atoms. The summed E-state index contributed by atoms with van der Waals surface area (Å²) < 4.78 is 0. The number of hydrogen-bond donors (Lipinski definition) is 0. The number of carbonyl (C=O) groups is 2. The highest BCUT2D eigenvalue weighted by molar-refractivity contribution is 5.96. The molecule has 4 rings (SSSR count). The number of likely N-dealkylation sites (tertiary alicyclic amines) is 2. The molecule has 0 aromatic rings. The summed E-state index contributed by atoms with van der Waals surface area (Å²) in [6.45, 7) is 14.5. The fourth-order valence-electron chi connectivity index (χ4n) is 7.10. The fourth-order valence-corrected chi connectivity index (χ4v) is 7.10.